The second kappa shape index (κ2) is 5.05. The summed E-state index contributed by atoms with van der Waals surface area (Å²) in [5.41, 5.74) is 2.07. The molecular weight excluding hydrogens is 290 g/mol. The van der Waals surface area contributed by atoms with Crippen molar-refractivity contribution in [3.8, 4) is 5.75 Å². The molecule has 0 amide bonds. The van der Waals surface area contributed by atoms with Gasteiger partial charge in [0.15, 0.2) is 0 Å². The van der Waals surface area contributed by atoms with Gasteiger partial charge >= 0.3 is 0 Å². The Morgan fingerprint density at radius 3 is 2.83 bits per heavy atom. The fraction of sp³-hybridized carbons (Fsp3) is 0.632. The largest absolute Gasteiger partial charge is 0.497 e. The minimum Gasteiger partial charge on any atom is -0.497 e. The number of hydrogen-bond acceptors (Lipinski definition) is 4. The smallest absolute Gasteiger partial charge is 0.134 e. The Labute approximate surface area is 137 Å². The van der Waals surface area contributed by atoms with E-state index in [4.69, 9.17) is 9.47 Å². The van der Waals surface area contributed by atoms with E-state index in [1.807, 2.05) is 13.2 Å². The van der Waals surface area contributed by atoms with Crippen molar-refractivity contribution in [2.24, 2.45) is 5.92 Å². The van der Waals surface area contributed by atoms with Crippen LogP contribution in [-0.2, 0) is 21.4 Å². The molecule has 4 nitrogen and oxygen atoms in total. The molecule has 0 unspecified atom stereocenters. The summed E-state index contributed by atoms with van der Waals surface area (Å²) < 4.78 is 11.7. The second-order valence-corrected chi connectivity index (χ2v) is 7.38. The van der Waals surface area contributed by atoms with Crippen molar-refractivity contribution in [1.82, 2.24) is 5.32 Å². The molecule has 1 aromatic carbocycles. The quantitative estimate of drug-likeness (QED) is 0.909. The number of benzene rings is 1. The maximum absolute atomic E-state index is 12.5. The summed E-state index contributed by atoms with van der Waals surface area (Å²) in [5.74, 6) is 1.44. The lowest BCUT2D eigenvalue weighted by atomic mass is 9.47. The van der Waals surface area contributed by atoms with Gasteiger partial charge < -0.3 is 14.8 Å². The molecule has 2 bridgehead atoms. The molecule has 23 heavy (non-hydrogen) atoms. The van der Waals surface area contributed by atoms with Gasteiger partial charge in [-0.05, 0) is 48.6 Å². The summed E-state index contributed by atoms with van der Waals surface area (Å²) in [6.45, 7) is 3.12. The normalized spacial score (nSPS) is 38.7. The van der Waals surface area contributed by atoms with E-state index in [-0.39, 0.29) is 23.0 Å². The third-order valence-electron chi connectivity index (χ3n) is 6.57. The molecule has 124 valence electrons. The average Bonchev–Trinajstić information content (AvgIpc) is 2.54. The molecule has 0 radical (unpaired) electrons. The van der Waals surface area contributed by atoms with Gasteiger partial charge in [0.25, 0.3) is 0 Å². The van der Waals surface area contributed by atoms with Crippen LogP contribution in [0.2, 0.25) is 0 Å². The molecule has 1 saturated carbocycles. The predicted molar refractivity (Wildman–Crippen MR) is 87.9 cm³/mol. The Morgan fingerprint density at radius 1 is 1.26 bits per heavy atom. The number of ketones is 1. The van der Waals surface area contributed by atoms with Crippen molar-refractivity contribution in [2.45, 2.75) is 49.7 Å². The zero-order valence-corrected chi connectivity index (χ0v) is 14.1. The van der Waals surface area contributed by atoms with Gasteiger partial charge in [0.05, 0.1) is 12.7 Å². The number of nitrogens with one attached hydrogen (secondary N) is 1. The molecule has 1 saturated heterocycles. The van der Waals surface area contributed by atoms with Gasteiger partial charge in [-0.3, -0.25) is 4.79 Å². The zero-order chi connectivity index (χ0) is 16.2. The first-order valence-corrected chi connectivity index (χ1v) is 8.55. The topological polar surface area (TPSA) is 47.6 Å². The van der Waals surface area contributed by atoms with Crippen LogP contribution in [0.4, 0.5) is 0 Å². The van der Waals surface area contributed by atoms with Gasteiger partial charge in [0, 0.05) is 31.4 Å². The van der Waals surface area contributed by atoms with E-state index in [0.29, 0.717) is 18.6 Å². The summed E-state index contributed by atoms with van der Waals surface area (Å²) in [7, 11) is 3.53. The number of piperidine rings is 1. The van der Waals surface area contributed by atoms with Gasteiger partial charge in [-0.1, -0.05) is 13.0 Å². The highest BCUT2D eigenvalue weighted by Gasteiger charge is 2.66. The lowest BCUT2D eigenvalue weighted by Crippen LogP contribution is -2.76. The van der Waals surface area contributed by atoms with E-state index in [9.17, 15) is 4.79 Å². The lowest BCUT2D eigenvalue weighted by molar-refractivity contribution is -0.182. The van der Waals surface area contributed by atoms with Crippen LogP contribution >= 0.6 is 0 Å². The monoisotopic (exact) mass is 315 g/mol. The molecule has 2 aliphatic carbocycles. The Bertz CT molecular complexity index is 658. The van der Waals surface area contributed by atoms with Gasteiger partial charge in [-0.15, -0.1) is 0 Å². The van der Waals surface area contributed by atoms with Gasteiger partial charge in [-0.25, -0.2) is 0 Å². The summed E-state index contributed by atoms with van der Waals surface area (Å²) in [5, 5.41) is 3.68. The number of carbonyl (C=O) groups is 1. The molecule has 1 aromatic rings. The number of carbonyl (C=O) groups excluding carboxylic acids is 1. The molecule has 1 heterocycles. The first-order valence-electron chi connectivity index (χ1n) is 8.55. The maximum Gasteiger partial charge on any atom is 0.134 e. The van der Waals surface area contributed by atoms with Gasteiger partial charge in [0.1, 0.15) is 11.5 Å². The van der Waals surface area contributed by atoms with Gasteiger partial charge in [0.2, 0.25) is 0 Å². The Morgan fingerprint density at radius 2 is 2.09 bits per heavy atom. The van der Waals surface area contributed by atoms with Crippen molar-refractivity contribution >= 4 is 5.78 Å². The van der Waals surface area contributed by atoms with Crippen molar-refractivity contribution in [1.29, 1.82) is 0 Å². The van der Waals surface area contributed by atoms with Crippen molar-refractivity contribution in [3.05, 3.63) is 29.3 Å². The number of rotatable bonds is 2. The third-order valence-corrected chi connectivity index (χ3v) is 6.57. The molecule has 0 spiro atoms. The number of hydrogen-bond donors (Lipinski definition) is 1. The highest BCUT2D eigenvalue weighted by molar-refractivity contribution is 5.83. The zero-order valence-electron chi connectivity index (χ0n) is 14.1. The Kier molecular flexibility index (Phi) is 3.33. The first-order chi connectivity index (χ1) is 11.1. The fourth-order valence-corrected chi connectivity index (χ4v) is 5.81. The minimum absolute atomic E-state index is 0.214. The standard InChI is InChI=1S/C19H25NO3/c1-12-8-14(21)11-18-6-7-20-17(19(12,18)23-3)9-13-4-5-15(22-2)10-16(13)18/h4-5,10,12,17,20H,6-9,11H2,1-3H3/t12-,17-,18-,19-/m1/s1. The molecule has 4 heteroatoms. The van der Waals surface area contributed by atoms with Crippen LogP contribution in [0, 0.1) is 5.92 Å². The van der Waals surface area contributed by atoms with Crippen molar-refractivity contribution < 1.29 is 14.3 Å². The molecule has 4 atom stereocenters. The summed E-state index contributed by atoms with van der Waals surface area (Å²) in [6, 6.07) is 6.61. The van der Waals surface area contributed by atoms with E-state index >= 15 is 0 Å². The molecule has 4 rings (SSSR count). The third kappa shape index (κ3) is 1.76. The molecule has 1 aliphatic heterocycles. The highest BCUT2D eigenvalue weighted by Crippen LogP contribution is 2.59. The van der Waals surface area contributed by atoms with Crippen LogP contribution < -0.4 is 10.1 Å². The summed E-state index contributed by atoms with van der Waals surface area (Å²) in [4.78, 5) is 12.5. The van der Waals surface area contributed by atoms with E-state index in [1.54, 1.807) is 7.11 Å². The second-order valence-electron chi connectivity index (χ2n) is 7.38. The van der Waals surface area contributed by atoms with E-state index < -0.39 is 0 Å². The number of Topliss-reactive ketones (excluding diaryl/α,β-unsaturated/α-hetero) is 1. The molecular formula is C19H25NO3. The predicted octanol–water partition coefficient (Wildman–Crippen LogP) is 2.24. The summed E-state index contributed by atoms with van der Waals surface area (Å²) >= 11 is 0. The number of methoxy groups -OCH3 is 2. The molecule has 1 N–H and O–H groups in total. The van der Waals surface area contributed by atoms with Crippen LogP contribution in [0.3, 0.4) is 0 Å². The number of fused-ring (bicyclic) bond motifs is 1. The van der Waals surface area contributed by atoms with Gasteiger partial charge in [-0.2, -0.15) is 0 Å². The maximum atomic E-state index is 12.5. The van der Waals surface area contributed by atoms with E-state index in [0.717, 1.165) is 25.1 Å². The summed E-state index contributed by atoms with van der Waals surface area (Å²) in [6.07, 6.45) is 3.09. The highest BCUT2D eigenvalue weighted by atomic mass is 16.5. The van der Waals surface area contributed by atoms with Crippen molar-refractivity contribution in [2.75, 3.05) is 20.8 Å². The van der Waals surface area contributed by atoms with Crippen LogP contribution in [0.1, 0.15) is 37.3 Å². The Hall–Kier alpha value is -1.39. The van der Waals surface area contributed by atoms with Crippen LogP contribution in [0.15, 0.2) is 18.2 Å². The fourth-order valence-electron chi connectivity index (χ4n) is 5.81. The first kappa shape index (κ1) is 15.2. The van der Waals surface area contributed by atoms with E-state index in [2.05, 4.69) is 24.4 Å². The van der Waals surface area contributed by atoms with Crippen LogP contribution in [0.5, 0.6) is 5.75 Å². The SMILES string of the molecule is COc1ccc2c(c1)[C@]13CCN[C@H](C2)[C@]1(OC)[C@H](C)CC(=O)C3. The van der Waals surface area contributed by atoms with Crippen LogP contribution in [0.25, 0.3) is 0 Å². The van der Waals surface area contributed by atoms with Crippen molar-refractivity contribution in [3.63, 3.8) is 0 Å². The molecule has 0 aromatic heterocycles. The lowest BCUT2D eigenvalue weighted by Gasteiger charge is -2.64. The Balaban J connectivity index is 1.99. The molecule has 2 fully saturated rings. The minimum atomic E-state index is -0.307. The average molecular weight is 315 g/mol. The molecule has 3 aliphatic rings. The van der Waals surface area contributed by atoms with E-state index in [1.165, 1.54) is 11.1 Å². The van der Waals surface area contributed by atoms with Crippen LogP contribution in [-0.4, -0.2) is 38.2 Å². The number of ether oxygens (including phenoxy) is 2.